The largest absolute Gasteiger partial charge is 0.347 e. The summed E-state index contributed by atoms with van der Waals surface area (Å²) in [5, 5.41) is 18.3. The minimum absolute atomic E-state index is 0.194. The van der Waals surface area contributed by atoms with E-state index in [1.54, 1.807) is 12.1 Å². The van der Waals surface area contributed by atoms with Crippen molar-refractivity contribution >= 4 is 5.69 Å². The van der Waals surface area contributed by atoms with Gasteiger partial charge < -0.3 is 15.6 Å². The van der Waals surface area contributed by atoms with Crippen LogP contribution in [0.2, 0.25) is 0 Å². The Hall–Kier alpha value is -1.17. The van der Waals surface area contributed by atoms with Crippen LogP contribution in [0.1, 0.15) is 5.69 Å². The van der Waals surface area contributed by atoms with Crippen molar-refractivity contribution in [2.45, 2.75) is 5.91 Å². The van der Waals surface area contributed by atoms with Crippen molar-refractivity contribution in [1.82, 2.24) is 10.4 Å². The molecule has 58 valence electrons. The Bertz CT molecular complexity index is 287. The molecule has 1 aromatic rings. The zero-order valence-electron chi connectivity index (χ0n) is 5.57. The molecule has 2 rings (SSSR count). The molecule has 1 aromatic heterocycles. The fraction of sp³-hybridized carbons (Fsp3) is 0.167. The van der Waals surface area contributed by atoms with Gasteiger partial charge in [0.2, 0.25) is 0 Å². The molecule has 0 amide bonds. The van der Waals surface area contributed by atoms with Crippen LogP contribution >= 0.6 is 0 Å². The molecule has 4 N–H and O–H groups in total. The van der Waals surface area contributed by atoms with Crippen LogP contribution < -0.4 is 10.9 Å². The molecule has 0 atom stereocenters. The van der Waals surface area contributed by atoms with E-state index < -0.39 is 5.91 Å². The van der Waals surface area contributed by atoms with Crippen LogP contribution in [0.25, 0.3) is 0 Å². The molecule has 0 fully saturated rings. The van der Waals surface area contributed by atoms with Gasteiger partial charge in [-0.3, -0.25) is 4.98 Å². The summed E-state index contributed by atoms with van der Waals surface area (Å²) in [5.74, 6) is -2.05. The highest BCUT2D eigenvalue weighted by Crippen LogP contribution is 2.25. The third-order valence-corrected chi connectivity index (χ3v) is 1.51. The molecule has 0 aromatic carbocycles. The topological polar surface area (TPSA) is 77.4 Å². The summed E-state index contributed by atoms with van der Waals surface area (Å²) in [6.07, 6.45) is 1.49. The van der Waals surface area contributed by atoms with Crippen LogP contribution in [-0.4, -0.2) is 15.2 Å². The standard InChI is InChI=1S/C6H7N3O2/c10-6(11)5-4(8-9-6)2-1-3-7-5/h1-3,8-11H. The number of anilines is 1. The van der Waals surface area contributed by atoms with Crippen LogP contribution in [-0.2, 0) is 5.91 Å². The van der Waals surface area contributed by atoms with Gasteiger partial charge in [0.25, 0.3) is 5.91 Å². The first-order valence-corrected chi connectivity index (χ1v) is 3.13. The molecule has 0 saturated carbocycles. The Balaban J connectivity index is 2.56. The van der Waals surface area contributed by atoms with Gasteiger partial charge in [0.1, 0.15) is 5.69 Å². The number of nitrogens with one attached hydrogen (secondary N) is 2. The Kier molecular flexibility index (Phi) is 1.14. The number of rotatable bonds is 0. The summed E-state index contributed by atoms with van der Waals surface area (Å²) >= 11 is 0. The number of aromatic nitrogens is 1. The number of pyridine rings is 1. The van der Waals surface area contributed by atoms with Crippen LogP contribution in [0.15, 0.2) is 18.3 Å². The van der Waals surface area contributed by atoms with Crippen LogP contribution in [0.4, 0.5) is 5.69 Å². The van der Waals surface area contributed by atoms with Crippen molar-refractivity contribution in [3.8, 4) is 0 Å². The van der Waals surface area contributed by atoms with Gasteiger partial charge in [-0.15, -0.1) is 0 Å². The summed E-state index contributed by atoms with van der Waals surface area (Å²) < 4.78 is 0. The van der Waals surface area contributed by atoms with Crippen molar-refractivity contribution in [3.63, 3.8) is 0 Å². The summed E-state index contributed by atoms with van der Waals surface area (Å²) in [6.45, 7) is 0. The molecular formula is C6H7N3O2. The fourth-order valence-electron chi connectivity index (χ4n) is 0.998. The molecule has 0 saturated heterocycles. The van der Waals surface area contributed by atoms with Crippen molar-refractivity contribution in [3.05, 3.63) is 24.0 Å². The first-order valence-electron chi connectivity index (χ1n) is 3.13. The first kappa shape index (κ1) is 6.53. The number of fused-ring (bicyclic) bond motifs is 1. The lowest BCUT2D eigenvalue weighted by Gasteiger charge is -2.12. The maximum absolute atomic E-state index is 9.17. The van der Waals surface area contributed by atoms with E-state index in [1.165, 1.54) is 6.20 Å². The summed E-state index contributed by atoms with van der Waals surface area (Å²) in [4.78, 5) is 3.79. The van der Waals surface area contributed by atoms with E-state index in [-0.39, 0.29) is 5.69 Å². The molecule has 0 radical (unpaired) electrons. The Morgan fingerprint density at radius 2 is 2.27 bits per heavy atom. The first-order chi connectivity index (χ1) is 5.20. The Labute approximate surface area is 62.7 Å². The van der Waals surface area contributed by atoms with Gasteiger partial charge in [-0.2, -0.15) is 5.43 Å². The highest BCUT2D eigenvalue weighted by Gasteiger charge is 2.35. The normalized spacial score (nSPS) is 19.1. The number of hydrogen-bond donors (Lipinski definition) is 4. The molecule has 2 heterocycles. The predicted molar refractivity (Wildman–Crippen MR) is 37.1 cm³/mol. The highest BCUT2D eigenvalue weighted by atomic mass is 16.5. The van der Waals surface area contributed by atoms with E-state index in [9.17, 15) is 0 Å². The van der Waals surface area contributed by atoms with Gasteiger partial charge >= 0.3 is 0 Å². The molecule has 0 bridgehead atoms. The maximum Gasteiger partial charge on any atom is 0.287 e. The van der Waals surface area contributed by atoms with E-state index in [4.69, 9.17) is 10.2 Å². The van der Waals surface area contributed by atoms with Gasteiger partial charge in [-0.1, -0.05) is 0 Å². The maximum atomic E-state index is 9.17. The van der Waals surface area contributed by atoms with Crippen molar-refractivity contribution < 1.29 is 10.2 Å². The molecule has 11 heavy (non-hydrogen) atoms. The van der Waals surface area contributed by atoms with E-state index >= 15 is 0 Å². The van der Waals surface area contributed by atoms with Gasteiger partial charge in [0.15, 0.2) is 0 Å². The van der Waals surface area contributed by atoms with Gasteiger partial charge in [0.05, 0.1) is 5.69 Å². The minimum Gasteiger partial charge on any atom is -0.347 e. The number of hydrogen-bond acceptors (Lipinski definition) is 5. The molecule has 1 aliphatic rings. The Morgan fingerprint density at radius 3 is 3.00 bits per heavy atom. The van der Waals surface area contributed by atoms with Crippen molar-refractivity contribution in [2.24, 2.45) is 0 Å². The van der Waals surface area contributed by atoms with Crippen LogP contribution in [0, 0.1) is 0 Å². The van der Waals surface area contributed by atoms with Crippen molar-refractivity contribution in [2.75, 3.05) is 5.43 Å². The zero-order chi connectivity index (χ0) is 7.90. The van der Waals surface area contributed by atoms with E-state index in [0.29, 0.717) is 5.69 Å². The van der Waals surface area contributed by atoms with Gasteiger partial charge in [-0.05, 0) is 12.1 Å². The molecule has 0 aliphatic carbocycles. The third kappa shape index (κ3) is 0.864. The second-order valence-corrected chi connectivity index (χ2v) is 2.32. The predicted octanol–water partition coefficient (Wildman–Crippen LogP) is -0.893. The average molecular weight is 153 g/mol. The summed E-state index contributed by atoms with van der Waals surface area (Å²) in [7, 11) is 0. The molecule has 0 spiro atoms. The minimum atomic E-state index is -2.05. The second-order valence-electron chi connectivity index (χ2n) is 2.32. The lowest BCUT2D eigenvalue weighted by Crippen LogP contribution is -2.39. The monoisotopic (exact) mass is 153 g/mol. The molecule has 0 unspecified atom stereocenters. The highest BCUT2D eigenvalue weighted by molar-refractivity contribution is 5.51. The SMILES string of the molecule is OC1(O)NNc2cccnc21. The van der Waals surface area contributed by atoms with E-state index in [1.807, 2.05) is 0 Å². The van der Waals surface area contributed by atoms with E-state index in [2.05, 4.69) is 15.8 Å². The number of aliphatic hydroxyl groups is 2. The fourth-order valence-corrected chi connectivity index (χ4v) is 0.998. The number of hydrazine groups is 1. The Morgan fingerprint density at radius 1 is 1.45 bits per heavy atom. The molecule has 5 heteroatoms. The average Bonchev–Trinajstić information content (AvgIpc) is 2.29. The lowest BCUT2D eigenvalue weighted by atomic mass is 10.3. The molecular weight excluding hydrogens is 146 g/mol. The number of nitrogens with zero attached hydrogens (tertiary/aromatic N) is 1. The summed E-state index contributed by atoms with van der Waals surface area (Å²) in [6, 6.07) is 3.40. The lowest BCUT2D eigenvalue weighted by molar-refractivity contribution is -0.186. The van der Waals surface area contributed by atoms with Crippen LogP contribution in [0.5, 0.6) is 0 Å². The van der Waals surface area contributed by atoms with Gasteiger partial charge in [0, 0.05) is 6.20 Å². The van der Waals surface area contributed by atoms with Crippen molar-refractivity contribution in [1.29, 1.82) is 0 Å². The second kappa shape index (κ2) is 1.91. The molecule has 5 nitrogen and oxygen atoms in total. The quantitative estimate of drug-likeness (QED) is 0.364. The van der Waals surface area contributed by atoms with Crippen LogP contribution in [0.3, 0.4) is 0 Å². The molecule has 1 aliphatic heterocycles. The van der Waals surface area contributed by atoms with Gasteiger partial charge in [-0.25, -0.2) is 0 Å². The third-order valence-electron chi connectivity index (χ3n) is 1.51. The summed E-state index contributed by atoms with van der Waals surface area (Å²) in [5.41, 5.74) is 5.61. The van der Waals surface area contributed by atoms with E-state index in [0.717, 1.165) is 0 Å². The smallest absolute Gasteiger partial charge is 0.287 e. The zero-order valence-corrected chi connectivity index (χ0v) is 5.57.